The lowest BCUT2D eigenvalue weighted by molar-refractivity contribution is 0.110. The van der Waals surface area contributed by atoms with Crippen LogP contribution >= 0.6 is 0 Å². The minimum Gasteiger partial charge on any atom is -0.558 e. The molecule has 3 heteroatoms. The van der Waals surface area contributed by atoms with Crippen molar-refractivity contribution in [2.45, 2.75) is 51.3 Å². The summed E-state index contributed by atoms with van der Waals surface area (Å²) in [4.78, 5) is 0. The Morgan fingerprint density at radius 1 is 1.05 bits per heavy atom. The van der Waals surface area contributed by atoms with E-state index in [-0.39, 0.29) is 0 Å². The Hall–Kier alpha value is -1.24. The average Bonchev–Trinajstić information content (AvgIpc) is 3.05. The zero-order valence-corrected chi connectivity index (χ0v) is 13.8. The molecule has 1 saturated heterocycles. The van der Waals surface area contributed by atoms with E-state index in [1.165, 1.54) is 18.4 Å². The van der Waals surface area contributed by atoms with Crippen molar-refractivity contribution in [3.8, 4) is 11.7 Å². The highest BCUT2D eigenvalue weighted by molar-refractivity contribution is 6.77. The molecule has 1 heterocycles. The Morgan fingerprint density at radius 3 is 2.45 bits per heavy atom. The second kappa shape index (κ2) is 6.90. The van der Waals surface area contributed by atoms with Crippen molar-refractivity contribution in [2.24, 2.45) is 5.92 Å². The molecule has 0 unspecified atom stereocenters. The summed E-state index contributed by atoms with van der Waals surface area (Å²) in [6.07, 6.45) is 4.60. The summed E-state index contributed by atoms with van der Waals surface area (Å²) in [6, 6.07) is 10.8. The van der Waals surface area contributed by atoms with Crippen molar-refractivity contribution in [1.29, 1.82) is 0 Å². The first-order valence-corrected chi connectivity index (χ1v) is 8.71. The van der Waals surface area contributed by atoms with Gasteiger partial charge in [-0.25, -0.2) is 5.82 Å². The molecule has 2 aliphatic rings. The van der Waals surface area contributed by atoms with Gasteiger partial charge in [-0.1, -0.05) is 62.8 Å². The maximum absolute atomic E-state index is 6.22. The zero-order chi connectivity index (χ0) is 15.4. The Balaban J connectivity index is 1.91. The molecule has 0 spiro atoms. The average molecular weight is 297 g/mol. The fourth-order valence-corrected chi connectivity index (χ4v) is 3.97. The number of benzene rings is 1. The molecule has 2 fully saturated rings. The van der Waals surface area contributed by atoms with Crippen LogP contribution in [0.5, 0.6) is 0 Å². The Labute approximate surface area is 134 Å². The molecule has 22 heavy (non-hydrogen) atoms. The second-order valence-corrected chi connectivity index (χ2v) is 6.92. The smallest absolute Gasteiger partial charge is 0.317 e. The van der Waals surface area contributed by atoms with E-state index in [9.17, 15) is 0 Å². The minimum atomic E-state index is -1.47. The van der Waals surface area contributed by atoms with E-state index in [0.717, 1.165) is 26.1 Å². The monoisotopic (exact) mass is 297 g/mol. The molecule has 0 radical (unpaired) electrons. The van der Waals surface area contributed by atoms with E-state index < -0.39 is 6.55 Å². The minimum absolute atomic E-state index is 0.351. The molecule has 1 aromatic rings. The lowest BCUT2D eigenvalue weighted by Gasteiger charge is -2.48. The first-order chi connectivity index (χ1) is 10.7. The molecule has 0 bridgehead atoms. The van der Waals surface area contributed by atoms with Crippen LogP contribution in [0.2, 0.25) is 5.82 Å². The summed E-state index contributed by atoms with van der Waals surface area (Å²) < 4.78 is 12.4. The fourth-order valence-electron chi connectivity index (χ4n) is 3.97. The van der Waals surface area contributed by atoms with Crippen LogP contribution in [0, 0.1) is 17.7 Å². The molecule has 2 atom stereocenters. The number of rotatable bonds is 2. The van der Waals surface area contributed by atoms with E-state index in [1.807, 2.05) is 0 Å². The van der Waals surface area contributed by atoms with Crippen LogP contribution in [0.15, 0.2) is 30.3 Å². The van der Waals surface area contributed by atoms with Crippen molar-refractivity contribution in [3.05, 3.63) is 35.9 Å². The highest BCUT2D eigenvalue weighted by atomic mass is 16.6. The predicted molar refractivity (Wildman–Crippen MR) is 91.7 cm³/mol. The van der Waals surface area contributed by atoms with Crippen LogP contribution in [-0.2, 0) is 9.31 Å². The van der Waals surface area contributed by atoms with Gasteiger partial charge >= 0.3 is 6.55 Å². The maximum Gasteiger partial charge on any atom is 0.317 e. The molecule has 118 valence electrons. The van der Waals surface area contributed by atoms with E-state index in [2.05, 4.69) is 55.9 Å². The van der Waals surface area contributed by atoms with Gasteiger partial charge in [0.15, 0.2) is 0 Å². The van der Waals surface area contributed by atoms with Crippen LogP contribution in [0.4, 0.5) is 0 Å². The Bertz CT molecular complexity index is 538. The second-order valence-electron chi connectivity index (χ2n) is 6.92. The predicted octanol–water partition coefficient (Wildman–Crippen LogP) is 4.40. The molecule has 1 aliphatic heterocycles. The number of hydrogen-bond acceptors (Lipinski definition) is 2. The molecule has 0 amide bonds. The summed E-state index contributed by atoms with van der Waals surface area (Å²) >= 11 is 0. The summed E-state index contributed by atoms with van der Waals surface area (Å²) in [7, 11) is 0. The Kier molecular flexibility index (Phi) is 4.91. The largest absolute Gasteiger partial charge is 0.558 e. The van der Waals surface area contributed by atoms with Crippen LogP contribution in [0.25, 0.3) is 0 Å². The van der Waals surface area contributed by atoms with Gasteiger partial charge in [-0.3, -0.25) is 0 Å². The molecule has 1 aliphatic carbocycles. The van der Waals surface area contributed by atoms with Gasteiger partial charge in [0.2, 0.25) is 0 Å². The fraction of sp³-hybridized carbons (Fsp3) is 0.579. The van der Waals surface area contributed by atoms with Crippen molar-refractivity contribution >= 4 is 6.55 Å². The van der Waals surface area contributed by atoms with Crippen LogP contribution in [-0.4, -0.2) is 19.8 Å². The molecule has 0 N–H and O–H groups in total. The standard InChI is InChI=1S/C19H26BO2/c1-16(2)12-13-20(21-14-7-15-22-20)19-11-6-10-18(19)17-8-4-3-5-9-17/h3-5,8-9,16,18-19H,6-7,10-11,14-15H2,1-2H3/q-1/t18-,19+/m1/s1. The van der Waals surface area contributed by atoms with Crippen molar-refractivity contribution in [1.82, 2.24) is 0 Å². The zero-order valence-electron chi connectivity index (χ0n) is 13.8. The summed E-state index contributed by atoms with van der Waals surface area (Å²) in [5.41, 5.74) is 1.41. The molecule has 2 nitrogen and oxygen atoms in total. The highest BCUT2D eigenvalue weighted by Gasteiger charge is 2.43. The van der Waals surface area contributed by atoms with E-state index in [1.54, 1.807) is 0 Å². The van der Waals surface area contributed by atoms with Gasteiger partial charge in [0.25, 0.3) is 0 Å². The van der Waals surface area contributed by atoms with Gasteiger partial charge in [-0.15, -0.1) is 5.92 Å². The third kappa shape index (κ3) is 3.24. The van der Waals surface area contributed by atoms with E-state index in [4.69, 9.17) is 9.31 Å². The number of hydrogen-bond donors (Lipinski definition) is 0. The highest BCUT2D eigenvalue weighted by Crippen LogP contribution is 2.50. The van der Waals surface area contributed by atoms with Crippen LogP contribution in [0.1, 0.15) is 51.0 Å². The molecule has 3 rings (SSSR count). The summed E-state index contributed by atoms with van der Waals surface area (Å²) in [5, 5.41) is 0. The maximum atomic E-state index is 6.22. The van der Waals surface area contributed by atoms with Gasteiger partial charge < -0.3 is 9.31 Å². The van der Waals surface area contributed by atoms with Gasteiger partial charge in [0, 0.05) is 19.1 Å². The topological polar surface area (TPSA) is 18.5 Å². The van der Waals surface area contributed by atoms with E-state index >= 15 is 0 Å². The Morgan fingerprint density at radius 2 is 1.77 bits per heavy atom. The lowest BCUT2D eigenvalue weighted by Crippen LogP contribution is -2.50. The van der Waals surface area contributed by atoms with Gasteiger partial charge in [0.1, 0.15) is 0 Å². The first-order valence-electron chi connectivity index (χ1n) is 8.71. The lowest BCUT2D eigenvalue weighted by atomic mass is 9.43. The SMILES string of the molecule is CC(C)C#C[B-]1([C@H]2CCC[C@@H]2c2ccccc2)OCCCO1. The molecule has 0 aromatic heterocycles. The van der Waals surface area contributed by atoms with Crippen molar-refractivity contribution in [3.63, 3.8) is 0 Å². The van der Waals surface area contributed by atoms with Gasteiger partial charge in [-0.2, -0.15) is 0 Å². The van der Waals surface area contributed by atoms with Crippen molar-refractivity contribution < 1.29 is 9.31 Å². The quantitative estimate of drug-likeness (QED) is 0.595. The summed E-state index contributed by atoms with van der Waals surface area (Å²) in [6.45, 7) is 4.35. The van der Waals surface area contributed by atoms with Crippen molar-refractivity contribution in [2.75, 3.05) is 13.2 Å². The molecule has 1 aromatic carbocycles. The normalized spacial score (nSPS) is 27.4. The van der Waals surface area contributed by atoms with Gasteiger partial charge in [-0.05, 0) is 24.3 Å². The van der Waals surface area contributed by atoms with Crippen LogP contribution < -0.4 is 0 Å². The summed E-state index contributed by atoms with van der Waals surface area (Å²) in [5.74, 6) is 8.04. The molecular formula is C19H26BO2-. The molecule has 1 saturated carbocycles. The van der Waals surface area contributed by atoms with Gasteiger partial charge in [0.05, 0.1) is 0 Å². The third-order valence-electron chi connectivity index (χ3n) is 4.95. The van der Waals surface area contributed by atoms with E-state index in [0.29, 0.717) is 17.7 Å². The third-order valence-corrected chi connectivity index (χ3v) is 4.95. The molecular weight excluding hydrogens is 271 g/mol. The first kappa shape index (κ1) is 15.7. The van der Waals surface area contributed by atoms with Crippen LogP contribution in [0.3, 0.4) is 0 Å².